The van der Waals surface area contributed by atoms with Gasteiger partial charge in [-0.2, -0.15) is 4.98 Å². The molecule has 2 heterocycles. The number of nitrogens with one attached hydrogen (secondary N) is 1. The standard InChI is InChI=1S/C13H20N4O/c1-2-18-12-7-3-6-11(16-12)17-8-4-5-10(9-17)13(14)15/h3,6-7,10H,2,4-5,8-9H2,1H3,(H3,14,15). The summed E-state index contributed by atoms with van der Waals surface area (Å²) in [4.78, 5) is 6.65. The lowest BCUT2D eigenvalue weighted by Crippen LogP contribution is -2.41. The van der Waals surface area contributed by atoms with Gasteiger partial charge in [0.15, 0.2) is 0 Å². The lowest BCUT2D eigenvalue weighted by Gasteiger charge is -2.33. The molecule has 1 unspecified atom stereocenters. The van der Waals surface area contributed by atoms with Crippen LogP contribution in [0.1, 0.15) is 19.8 Å². The van der Waals surface area contributed by atoms with Crippen molar-refractivity contribution in [3.63, 3.8) is 0 Å². The Kier molecular flexibility index (Phi) is 4.02. The van der Waals surface area contributed by atoms with E-state index < -0.39 is 0 Å². The van der Waals surface area contributed by atoms with Gasteiger partial charge in [-0.05, 0) is 25.8 Å². The smallest absolute Gasteiger partial charge is 0.215 e. The molecular weight excluding hydrogens is 228 g/mol. The summed E-state index contributed by atoms with van der Waals surface area (Å²) < 4.78 is 5.41. The molecule has 0 radical (unpaired) electrons. The number of hydrogen-bond acceptors (Lipinski definition) is 4. The van der Waals surface area contributed by atoms with Crippen LogP contribution < -0.4 is 15.4 Å². The highest BCUT2D eigenvalue weighted by Crippen LogP contribution is 2.23. The Balaban J connectivity index is 2.10. The molecule has 0 saturated carbocycles. The van der Waals surface area contributed by atoms with Crippen LogP contribution in [0.5, 0.6) is 5.88 Å². The topological polar surface area (TPSA) is 75.2 Å². The molecule has 98 valence electrons. The molecule has 5 nitrogen and oxygen atoms in total. The number of aromatic nitrogens is 1. The lowest BCUT2D eigenvalue weighted by atomic mass is 9.97. The lowest BCUT2D eigenvalue weighted by molar-refractivity contribution is 0.326. The van der Waals surface area contributed by atoms with E-state index in [-0.39, 0.29) is 11.8 Å². The largest absolute Gasteiger partial charge is 0.478 e. The molecule has 1 aromatic rings. The summed E-state index contributed by atoms with van der Waals surface area (Å²) >= 11 is 0. The van der Waals surface area contributed by atoms with Gasteiger partial charge in [0, 0.05) is 25.1 Å². The molecule has 18 heavy (non-hydrogen) atoms. The van der Waals surface area contributed by atoms with Gasteiger partial charge in [-0.1, -0.05) is 6.07 Å². The first-order valence-electron chi connectivity index (χ1n) is 6.39. The fraction of sp³-hybridized carbons (Fsp3) is 0.538. The molecule has 2 rings (SSSR count). The van der Waals surface area contributed by atoms with Gasteiger partial charge >= 0.3 is 0 Å². The van der Waals surface area contributed by atoms with E-state index in [2.05, 4.69) is 9.88 Å². The number of ether oxygens (including phenoxy) is 1. The Morgan fingerprint density at radius 1 is 1.61 bits per heavy atom. The second-order valence-electron chi connectivity index (χ2n) is 4.51. The number of rotatable bonds is 4. The van der Waals surface area contributed by atoms with E-state index in [1.807, 2.05) is 25.1 Å². The number of piperidine rings is 1. The van der Waals surface area contributed by atoms with Crippen LogP contribution in [0.25, 0.3) is 0 Å². The zero-order valence-corrected chi connectivity index (χ0v) is 10.7. The molecule has 0 aliphatic carbocycles. The number of pyridine rings is 1. The Morgan fingerprint density at radius 3 is 3.17 bits per heavy atom. The van der Waals surface area contributed by atoms with Crippen LogP contribution in [0, 0.1) is 11.3 Å². The van der Waals surface area contributed by atoms with Crippen molar-refractivity contribution in [3.8, 4) is 5.88 Å². The van der Waals surface area contributed by atoms with Crippen molar-refractivity contribution in [3.05, 3.63) is 18.2 Å². The van der Waals surface area contributed by atoms with E-state index >= 15 is 0 Å². The molecule has 5 heteroatoms. The van der Waals surface area contributed by atoms with Crippen LogP contribution in [-0.4, -0.2) is 30.5 Å². The monoisotopic (exact) mass is 248 g/mol. The van der Waals surface area contributed by atoms with E-state index in [0.29, 0.717) is 12.5 Å². The van der Waals surface area contributed by atoms with Gasteiger partial charge in [-0.3, -0.25) is 5.41 Å². The normalized spacial score (nSPS) is 19.6. The molecule has 0 bridgehead atoms. The Bertz CT molecular complexity index is 421. The van der Waals surface area contributed by atoms with Crippen molar-refractivity contribution >= 4 is 11.7 Å². The maximum Gasteiger partial charge on any atom is 0.215 e. The summed E-state index contributed by atoms with van der Waals surface area (Å²) in [5.74, 6) is 1.99. The highest BCUT2D eigenvalue weighted by Gasteiger charge is 2.22. The Morgan fingerprint density at radius 2 is 2.44 bits per heavy atom. The van der Waals surface area contributed by atoms with Crippen molar-refractivity contribution in [2.45, 2.75) is 19.8 Å². The molecule has 0 amide bonds. The van der Waals surface area contributed by atoms with Gasteiger partial charge in [0.1, 0.15) is 5.82 Å². The average Bonchev–Trinajstić information content (AvgIpc) is 2.39. The minimum absolute atomic E-state index is 0.149. The number of hydrogen-bond donors (Lipinski definition) is 2. The maximum atomic E-state index is 7.56. The van der Waals surface area contributed by atoms with E-state index in [4.69, 9.17) is 15.9 Å². The van der Waals surface area contributed by atoms with Crippen LogP contribution in [0.4, 0.5) is 5.82 Å². The first-order chi connectivity index (χ1) is 8.70. The summed E-state index contributed by atoms with van der Waals surface area (Å²) in [6, 6.07) is 5.79. The summed E-state index contributed by atoms with van der Waals surface area (Å²) in [5, 5.41) is 7.56. The third-order valence-electron chi connectivity index (χ3n) is 3.19. The van der Waals surface area contributed by atoms with Crippen molar-refractivity contribution in [2.75, 3.05) is 24.6 Å². The average molecular weight is 248 g/mol. The number of amidine groups is 1. The predicted molar refractivity (Wildman–Crippen MR) is 72.3 cm³/mol. The molecule has 1 saturated heterocycles. The zero-order valence-electron chi connectivity index (χ0n) is 10.7. The van der Waals surface area contributed by atoms with Gasteiger partial charge in [0.05, 0.1) is 12.4 Å². The molecule has 1 atom stereocenters. The van der Waals surface area contributed by atoms with Crippen molar-refractivity contribution in [1.29, 1.82) is 5.41 Å². The Hall–Kier alpha value is -1.78. The fourth-order valence-electron chi connectivity index (χ4n) is 2.25. The number of nitrogens with two attached hydrogens (primary N) is 1. The number of nitrogens with zero attached hydrogens (tertiary/aromatic N) is 2. The van der Waals surface area contributed by atoms with Crippen LogP contribution in [0.2, 0.25) is 0 Å². The van der Waals surface area contributed by atoms with Crippen LogP contribution in [0.15, 0.2) is 18.2 Å². The highest BCUT2D eigenvalue weighted by molar-refractivity contribution is 5.80. The fourth-order valence-corrected chi connectivity index (χ4v) is 2.25. The van der Waals surface area contributed by atoms with Gasteiger partial charge in [0.25, 0.3) is 0 Å². The zero-order chi connectivity index (χ0) is 13.0. The van der Waals surface area contributed by atoms with E-state index in [0.717, 1.165) is 31.7 Å². The summed E-state index contributed by atoms with van der Waals surface area (Å²) in [7, 11) is 0. The minimum Gasteiger partial charge on any atom is -0.478 e. The molecule has 3 N–H and O–H groups in total. The van der Waals surface area contributed by atoms with Gasteiger partial charge < -0.3 is 15.4 Å². The maximum absolute atomic E-state index is 7.56. The minimum atomic E-state index is 0.149. The van der Waals surface area contributed by atoms with Crippen molar-refractivity contribution in [1.82, 2.24) is 4.98 Å². The summed E-state index contributed by atoms with van der Waals surface area (Å²) in [6.45, 7) is 4.30. The molecule has 0 aromatic carbocycles. The Labute approximate surface area is 107 Å². The molecule has 1 aliphatic rings. The quantitative estimate of drug-likeness (QED) is 0.627. The second kappa shape index (κ2) is 5.71. The third kappa shape index (κ3) is 2.91. The molecular formula is C13H20N4O. The highest BCUT2D eigenvalue weighted by atomic mass is 16.5. The van der Waals surface area contributed by atoms with Crippen molar-refractivity contribution < 1.29 is 4.74 Å². The van der Waals surface area contributed by atoms with Crippen molar-refractivity contribution in [2.24, 2.45) is 11.7 Å². The molecule has 1 aromatic heterocycles. The second-order valence-corrected chi connectivity index (χ2v) is 4.51. The third-order valence-corrected chi connectivity index (χ3v) is 3.19. The van der Waals surface area contributed by atoms with Crippen LogP contribution in [-0.2, 0) is 0 Å². The van der Waals surface area contributed by atoms with Gasteiger partial charge in [-0.15, -0.1) is 0 Å². The predicted octanol–water partition coefficient (Wildman–Crippen LogP) is 1.63. The first kappa shape index (κ1) is 12.7. The number of anilines is 1. The van der Waals surface area contributed by atoms with E-state index in [9.17, 15) is 0 Å². The van der Waals surface area contributed by atoms with Crippen LogP contribution >= 0.6 is 0 Å². The van der Waals surface area contributed by atoms with Gasteiger partial charge in [-0.25, -0.2) is 0 Å². The molecule has 1 fully saturated rings. The summed E-state index contributed by atoms with van der Waals surface area (Å²) in [6.07, 6.45) is 2.04. The van der Waals surface area contributed by atoms with E-state index in [1.165, 1.54) is 0 Å². The van der Waals surface area contributed by atoms with E-state index in [1.54, 1.807) is 0 Å². The first-order valence-corrected chi connectivity index (χ1v) is 6.39. The molecule has 1 aliphatic heterocycles. The summed E-state index contributed by atoms with van der Waals surface area (Å²) in [5.41, 5.74) is 5.60. The molecule has 0 spiro atoms. The van der Waals surface area contributed by atoms with Crippen LogP contribution in [0.3, 0.4) is 0 Å². The SMILES string of the molecule is CCOc1cccc(N2CCCC(C(=N)N)C2)n1. The van der Waals surface area contributed by atoms with Gasteiger partial charge in [0.2, 0.25) is 5.88 Å².